The first-order valence-corrected chi connectivity index (χ1v) is 10.4. The Kier molecular flexibility index (Phi) is 5.31. The number of methoxy groups -OCH3 is 1. The van der Waals surface area contributed by atoms with Gasteiger partial charge in [-0.15, -0.1) is 0 Å². The van der Waals surface area contributed by atoms with E-state index < -0.39 is 20.1 Å². The third-order valence-electron chi connectivity index (χ3n) is 4.94. The number of carbonyl (C=O) groups is 1. The van der Waals surface area contributed by atoms with E-state index in [9.17, 15) is 9.90 Å². The fourth-order valence-corrected chi connectivity index (χ4v) is 3.63. The molecule has 0 aromatic carbocycles. The molecule has 4 atom stereocenters. The van der Waals surface area contributed by atoms with Crippen LogP contribution in [0, 0.1) is 5.92 Å². The summed E-state index contributed by atoms with van der Waals surface area (Å²) in [7, 11) is -0.744. The maximum absolute atomic E-state index is 11.8. The SMILES string of the molecule is COC(=O)[C@]1(O)C[C@H](O[Si](C)(C)C(C)(C)C)[C@@H](C)[C@@H](C)O1. The minimum absolute atomic E-state index is 0.0671. The monoisotopic (exact) mass is 318 g/mol. The molecule has 0 amide bonds. The number of ether oxygens (including phenoxy) is 2. The fraction of sp³-hybridized carbons (Fsp3) is 0.933. The minimum atomic E-state index is -1.99. The molecule has 1 fully saturated rings. The number of hydrogen-bond acceptors (Lipinski definition) is 5. The van der Waals surface area contributed by atoms with E-state index in [1.807, 2.05) is 13.8 Å². The summed E-state index contributed by atoms with van der Waals surface area (Å²) in [5, 5.41) is 10.5. The number of hydrogen-bond donors (Lipinski definition) is 1. The third kappa shape index (κ3) is 3.86. The van der Waals surface area contributed by atoms with Crippen molar-refractivity contribution >= 4 is 14.3 Å². The lowest BCUT2D eigenvalue weighted by atomic mass is 9.89. The van der Waals surface area contributed by atoms with Gasteiger partial charge in [0.05, 0.1) is 19.3 Å². The van der Waals surface area contributed by atoms with Crippen LogP contribution in [-0.4, -0.2) is 44.5 Å². The molecular formula is C15H30O5Si. The van der Waals surface area contributed by atoms with Gasteiger partial charge in [0.2, 0.25) is 0 Å². The Bertz CT molecular complexity index is 390. The van der Waals surface area contributed by atoms with Crippen LogP contribution in [0.15, 0.2) is 0 Å². The van der Waals surface area contributed by atoms with E-state index in [4.69, 9.17) is 9.16 Å². The van der Waals surface area contributed by atoms with Gasteiger partial charge in [-0.3, -0.25) is 0 Å². The van der Waals surface area contributed by atoms with Crippen LogP contribution in [0.5, 0.6) is 0 Å². The second-order valence-corrected chi connectivity index (χ2v) is 12.3. The summed E-state index contributed by atoms with van der Waals surface area (Å²) in [6.45, 7) is 14.7. The topological polar surface area (TPSA) is 65.0 Å². The first-order chi connectivity index (χ1) is 9.34. The van der Waals surface area contributed by atoms with Crippen LogP contribution in [0.25, 0.3) is 0 Å². The predicted molar refractivity (Wildman–Crippen MR) is 83.4 cm³/mol. The Morgan fingerprint density at radius 2 is 1.86 bits per heavy atom. The van der Waals surface area contributed by atoms with Crippen molar-refractivity contribution in [1.82, 2.24) is 0 Å². The first kappa shape index (κ1) is 18.6. The van der Waals surface area contributed by atoms with Crippen LogP contribution in [0.2, 0.25) is 18.1 Å². The lowest BCUT2D eigenvalue weighted by Crippen LogP contribution is -2.58. The number of rotatable bonds is 3. The van der Waals surface area contributed by atoms with Gasteiger partial charge in [-0.2, -0.15) is 0 Å². The highest BCUT2D eigenvalue weighted by Gasteiger charge is 2.51. The van der Waals surface area contributed by atoms with Crippen molar-refractivity contribution in [3.05, 3.63) is 0 Å². The maximum atomic E-state index is 11.8. The largest absolute Gasteiger partial charge is 0.465 e. The standard InChI is InChI=1S/C15H30O5Si/c1-10-11(2)19-15(17,13(16)18-6)9-12(10)20-21(7,8)14(3,4)5/h10-12,17H,9H2,1-8H3/t10-,11+,12-,15-/m0/s1. The zero-order chi connectivity index (χ0) is 16.6. The molecule has 1 heterocycles. The third-order valence-corrected chi connectivity index (χ3v) is 9.45. The second-order valence-electron chi connectivity index (χ2n) is 7.58. The summed E-state index contributed by atoms with van der Waals surface area (Å²) < 4.78 is 16.6. The Morgan fingerprint density at radius 3 is 2.29 bits per heavy atom. The van der Waals surface area contributed by atoms with E-state index in [2.05, 4.69) is 38.6 Å². The Hall–Kier alpha value is -0.433. The van der Waals surface area contributed by atoms with Gasteiger partial charge in [-0.25, -0.2) is 4.79 Å². The number of esters is 1. The molecule has 0 unspecified atom stereocenters. The molecule has 1 aliphatic rings. The van der Waals surface area contributed by atoms with E-state index in [-0.39, 0.29) is 29.6 Å². The molecule has 0 spiro atoms. The van der Waals surface area contributed by atoms with Crippen LogP contribution in [-0.2, 0) is 18.7 Å². The van der Waals surface area contributed by atoms with E-state index >= 15 is 0 Å². The molecule has 1 rings (SSSR count). The van der Waals surface area contributed by atoms with Gasteiger partial charge in [-0.1, -0.05) is 27.7 Å². The smallest absolute Gasteiger partial charge is 0.366 e. The van der Waals surface area contributed by atoms with Crippen molar-refractivity contribution in [1.29, 1.82) is 0 Å². The van der Waals surface area contributed by atoms with Gasteiger partial charge in [0.1, 0.15) is 0 Å². The van der Waals surface area contributed by atoms with E-state index in [1.54, 1.807) is 0 Å². The van der Waals surface area contributed by atoms with Crippen LogP contribution >= 0.6 is 0 Å². The highest BCUT2D eigenvalue weighted by Crippen LogP contribution is 2.41. The van der Waals surface area contributed by atoms with Gasteiger partial charge in [0.15, 0.2) is 8.32 Å². The van der Waals surface area contributed by atoms with Crippen molar-refractivity contribution in [2.75, 3.05) is 7.11 Å². The highest BCUT2D eigenvalue weighted by atomic mass is 28.4. The lowest BCUT2D eigenvalue weighted by Gasteiger charge is -2.47. The zero-order valence-corrected chi connectivity index (χ0v) is 15.5. The van der Waals surface area contributed by atoms with Gasteiger partial charge in [0, 0.05) is 12.3 Å². The molecule has 0 aromatic heterocycles. The molecule has 0 saturated carbocycles. The lowest BCUT2D eigenvalue weighted by molar-refractivity contribution is -0.279. The van der Waals surface area contributed by atoms with Crippen LogP contribution < -0.4 is 0 Å². The maximum Gasteiger partial charge on any atom is 0.366 e. The van der Waals surface area contributed by atoms with Crippen molar-refractivity contribution in [2.45, 2.75) is 77.2 Å². The molecule has 0 radical (unpaired) electrons. The molecule has 6 heteroatoms. The Balaban J connectivity index is 2.97. The Labute approximate surface area is 129 Å². The summed E-state index contributed by atoms with van der Waals surface area (Å²) in [6.07, 6.45) is -0.395. The van der Waals surface area contributed by atoms with Crippen LogP contribution in [0.4, 0.5) is 0 Å². The van der Waals surface area contributed by atoms with Crippen LogP contribution in [0.3, 0.4) is 0 Å². The van der Waals surface area contributed by atoms with Crippen molar-refractivity contribution in [2.24, 2.45) is 5.92 Å². The van der Waals surface area contributed by atoms with E-state index in [1.165, 1.54) is 7.11 Å². The van der Waals surface area contributed by atoms with Gasteiger partial charge in [0.25, 0.3) is 5.79 Å². The Morgan fingerprint density at radius 1 is 1.33 bits per heavy atom. The van der Waals surface area contributed by atoms with Crippen LogP contribution in [0.1, 0.15) is 41.0 Å². The summed E-state index contributed by atoms with van der Waals surface area (Å²) in [6, 6.07) is 0. The molecule has 5 nitrogen and oxygen atoms in total. The molecular weight excluding hydrogens is 288 g/mol. The van der Waals surface area contributed by atoms with E-state index in [0.717, 1.165) is 0 Å². The van der Waals surface area contributed by atoms with Gasteiger partial charge in [-0.05, 0) is 25.1 Å². The van der Waals surface area contributed by atoms with Crippen molar-refractivity contribution < 1.29 is 23.8 Å². The molecule has 1 saturated heterocycles. The minimum Gasteiger partial charge on any atom is -0.465 e. The average molecular weight is 318 g/mol. The summed E-state index contributed by atoms with van der Waals surface area (Å²) in [5.74, 6) is -2.57. The summed E-state index contributed by atoms with van der Waals surface area (Å²) in [4.78, 5) is 11.8. The first-order valence-electron chi connectivity index (χ1n) is 7.50. The van der Waals surface area contributed by atoms with E-state index in [0.29, 0.717) is 0 Å². The van der Waals surface area contributed by atoms with Crippen molar-refractivity contribution in [3.63, 3.8) is 0 Å². The molecule has 124 valence electrons. The average Bonchev–Trinajstić information content (AvgIpc) is 2.32. The van der Waals surface area contributed by atoms with Gasteiger partial charge < -0.3 is 19.0 Å². The number of aliphatic hydroxyl groups is 1. The van der Waals surface area contributed by atoms with Crippen molar-refractivity contribution in [3.8, 4) is 0 Å². The molecule has 0 bridgehead atoms. The normalized spacial score (nSPS) is 34.6. The molecule has 21 heavy (non-hydrogen) atoms. The van der Waals surface area contributed by atoms with Gasteiger partial charge >= 0.3 is 5.97 Å². The summed E-state index contributed by atoms with van der Waals surface area (Å²) in [5.41, 5.74) is 0. The molecule has 0 aliphatic carbocycles. The molecule has 1 N–H and O–H groups in total. The zero-order valence-electron chi connectivity index (χ0n) is 14.5. The summed E-state index contributed by atoms with van der Waals surface area (Å²) >= 11 is 0. The molecule has 1 aliphatic heterocycles. The second kappa shape index (κ2) is 5.99. The quantitative estimate of drug-likeness (QED) is 0.640. The number of carbonyl (C=O) groups excluding carboxylic acids is 1. The fourth-order valence-electron chi connectivity index (χ4n) is 2.22. The molecule has 0 aromatic rings. The highest BCUT2D eigenvalue weighted by molar-refractivity contribution is 6.74. The predicted octanol–water partition coefficient (Wildman–Crippen LogP) is 2.68.